The fourth-order valence-corrected chi connectivity index (χ4v) is 3.74. The van der Waals surface area contributed by atoms with Crippen LogP contribution in [0.15, 0.2) is 30.5 Å². The molecular formula is C22H30N4O2. The summed E-state index contributed by atoms with van der Waals surface area (Å²) in [5.41, 5.74) is 3.55. The minimum atomic E-state index is -0.0682. The number of aryl methyl sites for hydroxylation is 2. The van der Waals surface area contributed by atoms with Crippen molar-refractivity contribution in [3.8, 4) is 11.3 Å². The van der Waals surface area contributed by atoms with E-state index in [4.69, 9.17) is 0 Å². The average Bonchev–Trinajstić information content (AvgIpc) is 2.74. The highest BCUT2D eigenvalue weighted by Crippen LogP contribution is 2.23. The van der Waals surface area contributed by atoms with E-state index in [9.17, 15) is 9.90 Å². The van der Waals surface area contributed by atoms with Gasteiger partial charge in [0.2, 0.25) is 0 Å². The van der Waals surface area contributed by atoms with E-state index in [1.807, 2.05) is 37.4 Å². The Morgan fingerprint density at radius 1 is 1.39 bits per heavy atom. The minimum absolute atomic E-state index is 0.0682. The Balaban J connectivity index is 1.62. The van der Waals surface area contributed by atoms with Crippen LogP contribution >= 0.6 is 0 Å². The zero-order chi connectivity index (χ0) is 19.9. The molecule has 0 saturated carbocycles. The number of amides is 1. The molecular weight excluding hydrogens is 352 g/mol. The Kier molecular flexibility index (Phi) is 7.12. The van der Waals surface area contributed by atoms with Crippen LogP contribution in [0.25, 0.3) is 11.3 Å². The fourth-order valence-electron chi connectivity index (χ4n) is 3.74. The lowest BCUT2D eigenvalue weighted by molar-refractivity contribution is 0.0930. The van der Waals surface area contributed by atoms with Gasteiger partial charge in [-0.05, 0) is 56.3 Å². The highest BCUT2D eigenvalue weighted by atomic mass is 16.3. The van der Waals surface area contributed by atoms with E-state index in [2.05, 4.69) is 27.1 Å². The van der Waals surface area contributed by atoms with Crippen molar-refractivity contribution in [2.45, 2.75) is 33.1 Å². The zero-order valence-electron chi connectivity index (χ0n) is 16.8. The normalized spacial score (nSPS) is 17.5. The van der Waals surface area contributed by atoms with Gasteiger partial charge in [-0.3, -0.25) is 4.79 Å². The standard InChI is InChI=1S/C22H30N4O2/c1-3-18-13-24-16(2)25-21(18)19-7-4-8-20(12-19)22(28)23-9-11-26-10-5-6-17(14-26)15-27/h4,7-8,12-13,17,27H,3,5-6,9-11,14-15H2,1-2H3,(H,23,28)/t17-/m1/s1. The van der Waals surface area contributed by atoms with Crippen molar-refractivity contribution in [2.75, 3.05) is 32.8 Å². The van der Waals surface area contributed by atoms with Gasteiger partial charge >= 0.3 is 0 Å². The number of hydrogen-bond acceptors (Lipinski definition) is 5. The summed E-state index contributed by atoms with van der Waals surface area (Å²) in [5.74, 6) is 1.02. The number of aromatic nitrogens is 2. The van der Waals surface area contributed by atoms with E-state index >= 15 is 0 Å². The van der Waals surface area contributed by atoms with Gasteiger partial charge in [0.15, 0.2) is 0 Å². The quantitative estimate of drug-likeness (QED) is 0.769. The minimum Gasteiger partial charge on any atom is -0.396 e. The molecule has 28 heavy (non-hydrogen) atoms. The van der Waals surface area contributed by atoms with Crippen molar-refractivity contribution in [3.05, 3.63) is 47.4 Å². The van der Waals surface area contributed by atoms with Crippen molar-refractivity contribution in [1.82, 2.24) is 20.2 Å². The Morgan fingerprint density at radius 2 is 2.25 bits per heavy atom. The summed E-state index contributed by atoms with van der Waals surface area (Å²) >= 11 is 0. The van der Waals surface area contributed by atoms with Gasteiger partial charge in [-0.2, -0.15) is 0 Å². The van der Waals surface area contributed by atoms with Gasteiger partial charge in [0.05, 0.1) is 5.69 Å². The van der Waals surface area contributed by atoms with Crippen LogP contribution in [0.3, 0.4) is 0 Å². The number of nitrogens with one attached hydrogen (secondary N) is 1. The monoisotopic (exact) mass is 382 g/mol. The molecule has 1 aromatic carbocycles. The molecule has 1 atom stereocenters. The molecule has 2 N–H and O–H groups in total. The highest BCUT2D eigenvalue weighted by molar-refractivity contribution is 5.95. The third kappa shape index (κ3) is 5.14. The molecule has 1 saturated heterocycles. The first-order valence-corrected chi connectivity index (χ1v) is 10.1. The maximum atomic E-state index is 12.6. The van der Waals surface area contributed by atoms with Gasteiger partial charge in [0.1, 0.15) is 5.82 Å². The van der Waals surface area contributed by atoms with Crippen molar-refractivity contribution in [1.29, 1.82) is 0 Å². The SMILES string of the molecule is CCc1cnc(C)nc1-c1cccc(C(=O)NCCN2CCC[C@@H](CO)C2)c1. The summed E-state index contributed by atoms with van der Waals surface area (Å²) in [6.07, 6.45) is 4.91. The van der Waals surface area contributed by atoms with Crippen molar-refractivity contribution in [3.63, 3.8) is 0 Å². The van der Waals surface area contributed by atoms with Crippen LogP contribution in [-0.2, 0) is 6.42 Å². The van der Waals surface area contributed by atoms with Gasteiger partial charge in [-0.25, -0.2) is 9.97 Å². The van der Waals surface area contributed by atoms with E-state index in [0.717, 1.165) is 61.5 Å². The lowest BCUT2D eigenvalue weighted by Gasteiger charge is -2.31. The van der Waals surface area contributed by atoms with E-state index in [0.29, 0.717) is 18.0 Å². The molecule has 1 aliphatic rings. The fraction of sp³-hybridized carbons (Fsp3) is 0.500. The number of benzene rings is 1. The van der Waals surface area contributed by atoms with Crippen LogP contribution in [0.2, 0.25) is 0 Å². The van der Waals surface area contributed by atoms with Crippen molar-refractivity contribution < 1.29 is 9.90 Å². The third-order valence-electron chi connectivity index (χ3n) is 5.34. The van der Waals surface area contributed by atoms with Crippen LogP contribution < -0.4 is 5.32 Å². The number of nitrogens with zero attached hydrogens (tertiary/aromatic N) is 3. The molecule has 3 rings (SSSR count). The average molecular weight is 383 g/mol. The first kappa shape index (κ1) is 20.4. The Labute approximate surface area is 167 Å². The highest BCUT2D eigenvalue weighted by Gasteiger charge is 2.19. The zero-order valence-corrected chi connectivity index (χ0v) is 16.8. The number of aliphatic hydroxyl groups is 1. The van der Waals surface area contributed by atoms with Gasteiger partial charge in [-0.1, -0.05) is 19.1 Å². The molecule has 1 fully saturated rings. The first-order chi connectivity index (χ1) is 13.6. The molecule has 0 bridgehead atoms. The number of carbonyl (C=O) groups is 1. The Bertz CT molecular complexity index is 809. The molecule has 0 aliphatic carbocycles. The lowest BCUT2D eigenvalue weighted by atomic mass is 9.99. The smallest absolute Gasteiger partial charge is 0.251 e. The van der Waals surface area contributed by atoms with Crippen LogP contribution in [0.5, 0.6) is 0 Å². The second kappa shape index (κ2) is 9.75. The number of hydrogen-bond donors (Lipinski definition) is 2. The molecule has 0 radical (unpaired) electrons. The molecule has 0 spiro atoms. The summed E-state index contributed by atoms with van der Waals surface area (Å²) in [6, 6.07) is 7.62. The number of piperidine rings is 1. The van der Waals surface area contributed by atoms with Gasteiger partial charge in [0, 0.05) is 43.6 Å². The summed E-state index contributed by atoms with van der Waals surface area (Å²) < 4.78 is 0. The number of carbonyl (C=O) groups excluding carboxylic acids is 1. The molecule has 2 aromatic rings. The van der Waals surface area contributed by atoms with Gasteiger partial charge in [0.25, 0.3) is 5.91 Å². The summed E-state index contributed by atoms with van der Waals surface area (Å²) in [4.78, 5) is 23.8. The molecule has 1 aliphatic heterocycles. The molecule has 1 amide bonds. The molecule has 6 nitrogen and oxygen atoms in total. The lowest BCUT2D eigenvalue weighted by Crippen LogP contribution is -2.41. The second-order valence-corrected chi connectivity index (χ2v) is 7.47. The van der Waals surface area contributed by atoms with E-state index in [-0.39, 0.29) is 12.5 Å². The topological polar surface area (TPSA) is 78.4 Å². The first-order valence-electron chi connectivity index (χ1n) is 10.1. The van der Waals surface area contributed by atoms with E-state index in [1.54, 1.807) is 0 Å². The summed E-state index contributed by atoms with van der Waals surface area (Å²) in [7, 11) is 0. The largest absolute Gasteiger partial charge is 0.396 e. The second-order valence-electron chi connectivity index (χ2n) is 7.47. The van der Waals surface area contributed by atoms with E-state index in [1.165, 1.54) is 0 Å². The van der Waals surface area contributed by atoms with Gasteiger partial charge < -0.3 is 15.3 Å². The van der Waals surface area contributed by atoms with Crippen LogP contribution in [0.1, 0.15) is 41.5 Å². The number of likely N-dealkylation sites (tertiary alicyclic amines) is 1. The molecule has 1 aromatic heterocycles. The van der Waals surface area contributed by atoms with Crippen molar-refractivity contribution in [2.24, 2.45) is 5.92 Å². The number of rotatable bonds is 7. The predicted octanol–water partition coefficient (Wildman–Crippen LogP) is 2.45. The predicted molar refractivity (Wildman–Crippen MR) is 110 cm³/mol. The Morgan fingerprint density at radius 3 is 3.04 bits per heavy atom. The molecule has 6 heteroatoms. The Hall–Kier alpha value is -2.31. The summed E-state index contributed by atoms with van der Waals surface area (Å²) in [6.45, 7) is 7.57. The molecule has 0 unspecified atom stereocenters. The van der Waals surface area contributed by atoms with E-state index < -0.39 is 0 Å². The number of aliphatic hydroxyl groups excluding tert-OH is 1. The molecule has 150 valence electrons. The summed E-state index contributed by atoms with van der Waals surface area (Å²) in [5, 5.41) is 12.4. The molecule has 2 heterocycles. The van der Waals surface area contributed by atoms with Crippen molar-refractivity contribution >= 4 is 5.91 Å². The van der Waals surface area contributed by atoms with Crippen LogP contribution in [0, 0.1) is 12.8 Å². The van der Waals surface area contributed by atoms with Crippen LogP contribution in [0.4, 0.5) is 0 Å². The maximum absolute atomic E-state index is 12.6. The van der Waals surface area contributed by atoms with Gasteiger partial charge in [-0.15, -0.1) is 0 Å². The third-order valence-corrected chi connectivity index (χ3v) is 5.34. The maximum Gasteiger partial charge on any atom is 0.251 e. The van der Waals surface area contributed by atoms with Crippen LogP contribution in [-0.4, -0.2) is 58.7 Å².